The van der Waals surface area contributed by atoms with Crippen molar-refractivity contribution in [2.45, 2.75) is 39.3 Å². The molecule has 2 N–H and O–H groups in total. The monoisotopic (exact) mass is 467 g/mol. The number of guanidine groups is 1. The number of amides is 1. The minimum absolute atomic E-state index is 0. The Hall–Kier alpha value is -1.10. The summed E-state index contributed by atoms with van der Waals surface area (Å²) < 4.78 is 5.03. The normalized spacial score (nSPS) is 15.6. The van der Waals surface area contributed by atoms with Crippen LogP contribution >= 0.6 is 35.3 Å². The Labute approximate surface area is 164 Å². The summed E-state index contributed by atoms with van der Waals surface area (Å²) >= 11 is 1.68. The topological polar surface area (TPSA) is 78.8 Å². The molecule has 1 aromatic heterocycles. The van der Waals surface area contributed by atoms with E-state index in [-0.39, 0.29) is 30.1 Å². The first-order chi connectivity index (χ1) is 11.1. The molecule has 0 saturated carbocycles. The average molecular weight is 467 g/mol. The number of nitrogens with one attached hydrogen (secondary N) is 2. The lowest BCUT2D eigenvalue weighted by atomic mass is 10.1. The average Bonchev–Trinajstić information content (AvgIpc) is 2.97. The smallest absolute Gasteiger partial charge is 0.409 e. The largest absolute Gasteiger partial charge is 0.450 e. The number of carbonyl (C=O) groups is 1. The predicted octanol–water partition coefficient (Wildman–Crippen LogP) is 2.36. The van der Waals surface area contributed by atoms with Gasteiger partial charge in [0.1, 0.15) is 5.01 Å². The molecular weight excluding hydrogens is 441 g/mol. The van der Waals surface area contributed by atoms with Gasteiger partial charge in [0, 0.05) is 37.3 Å². The number of piperidine rings is 1. The van der Waals surface area contributed by atoms with Gasteiger partial charge in [-0.2, -0.15) is 0 Å². The maximum atomic E-state index is 11.7. The first kappa shape index (κ1) is 20.9. The number of hydrogen-bond donors (Lipinski definition) is 2. The number of aryl methyl sites for hydroxylation is 1. The maximum absolute atomic E-state index is 11.7. The molecule has 0 atom stereocenters. The third kappa shape index (κ3) is 6.42. The Balaban J connectivity index is 0.00000288. The minimum atomic E-state index is -0.215. The summed E-state index contributed by atoms with van der Waals surface area (Å²) in [6.07, 6.45) is 3.43. The number of halogens is 1. The van der Waals surface area contributed by atoms with E-state index in [2.05, 4.69) is 20.6 Å². The summed E-state index contributed by atoms with van der Waals surface area (Å²) in [6.45, 7) is 6.37. The van der Waals surface area contributed by atoms with E-state index in [9.17, 15) is 4.79 Å². The molecule has 0 aliphatic carbocycles. The van der Waals surface area contributed by atoms with Crippen LogP contribution in [0.3, 0.4) is 0 Å². The van der Waals surface area contributed by atoms with E-state index >= 15 is 0 Å². The van der Waals surface area contributed by atoms with Gasteiger partial charge in [-0.25, -0.2) is 9.78 Å². The third-order valence-corrected chi connectivity index (χ3v) is 4.57. The molecule has 7 nitrogen and oxygen atoms in total. The first-order valence-electron chi connectivity index (χ1n) is 7.92. The van der Waals surface area contributed by atoms with Crippen molar-refractivity contribution in [3.05, 3.63) is 16.1 Å². The molecule has 0 aromatic carbocycles. The van der Waals surface area contributed by atoms with Crippen LogP contribution in [0.15, 0.2) is 11.2 Å². The molecule has 1 aliphatic rings. The summed E-state index contributed by atoms with van der Waals surface area (Å²) in [5.41, 5.74) is 0. The number of ether oxygens (including phenoxy) is 1. The molecule has 1 amide bonds. The number of likely N-dealkylation sites (tertiary alicyclic amines) is 1. The van der Waals surface area contributed by atoms with E-state index in [0.29, 0.717) is 32.3 Å². The maximum Gasteiger partial charge on any atom is 0.409 e. The van der Waals surface area contributed by atoms with Gasteiger partial charge in [0.25, 0.3) is 0 Å². The van der Waals surface area contributed by atoms with Gasteiger partial charge in [0.15, 0.2) is 5.96 Å². The van der Waals surface area contributed by atoms with E-state index in [1.807, 2.05) is 20.0 Å². The minimum Gasteiger partial charge on any atom is -0.450 e. The molecule has 1 aromatic rings. The zero-order valence-electron chi connectivity index (χ0n) is 14.4. The highest BCUT2D eigenvalue weighted by Crippen LogP contribution is 2.12. The van der Waals surface area contributed by atoms with E-state index in [0.717, 1.165) is 23.8 Å². The van der Waals surface area contributed by atoms with E-state index in [1.165, 1.54) is 4.88 Å². The second-order valence-electron chi connectivity index (χ2n) is 5.39. The highest BCUT2D eigenvalue weighted by atomic mass is 127. The molecule has 0 unspecified atom stereocenters. The Bertz CT molecular complexity index is 544. The van der Waals surface area contributed by atoms with Crippen LogP contribution in [0.2, 0.25) is 0 Å². The SMILES string of the molecule is CCOC(=O)N1CCC(NC(=NC)NCc2ncc(C)s2)CC1.I. The van der Waals surface area contributed by atoms with Crippen molar-refractivity contribution in [3.8, 4) is 0 Å². The fraction of sp³-hybridized carbons (Fsp3) is 0.667. The van der Waals surface area contributed by atoms with Crippen molar-refractivity contribution in [3.63, 3.8) is 0 Å². The van der Waals surface area contributed by atoms with E-state index < -0.39 is 0 Å². The molecule has 0 spiro atoms. The summed E-state index contributed by atoms with van der Waals surface area (Å²) in [6, 6.07) is 0.310. The number of hydrogen-bond acceptors (Lipinski definition) is 5. The lowest BCUT2D eigenvalue weighted by Crippen LogP contribution is -2.49. The fourth-order valence-electron chi connectivity index (χ4n) is 2.45. The van der Waals surface area contributed by atoms with Crippen LogP contribution in [-0.2, 0) is 11.3 Å². The summed E-state index contributed by atoms with van der Waals surface area (Å²) in [7, 11) is 1.76. The number of nitrogens with zero attached hydrogens (tertiary/aromatic N) is 3. The Morgan fingerprint density at radius 1 is 1.50 bits per heavy atom. The summed E-state index contributed by atoms with van der Waals surface area (Å²) in [4.78, 5) is 23.2. The molecule has 2 heterocycles. The third-order valence-electron chi connectivity index (χ3n) is 3.66. The zero-order valence-corrected chi connectivity index (χ0v) is 17.5. The lowest BCUT2D eigenvalue weighted by molar-refractivity contribution is 0.0963. The van der Waals surface area contributed by atoms with Crippen molar-refractivity contribution in [2.24, 2.45) is 4.99 Å². The van der Waals surface area contributed by atoms with Gasteiger partial charge < -0.3 is 20.3 Å². The van der Waals surface area contributed by atoms with Crippen LogP contribution in [0.4, 0.5) is 4.79 Å². The number of thiazole rings is 1. The quantitative estimate of drug-likeness (QED) is 0.404. The van der Waals surface area contributed by atoms with Crippen molar-refractivity contribution < 1.29 is 9.53 Å². The molecule has 1 aliphatic heterocycles. The molecule has 24 heavy (non-hydrogen) atoms. The fourth-order valence-corrected chi connectivity index (χ4v) is 3.18. The van der Waals surface area contributed by atoms with Gasteiger partial charge in [-0.1, -0.05) is 0 Å². The van der Waals surface area contributed by atoms with Crippen molar-refractivity contribution in [1.29, 1.82) is 0 Å². The van der Waals surface area contributed by atoms with Gasteiger partial charge >= 0.3 is 6.09 Å². The van der Waals surface area contributed by atoms with Gasteiger partial charge in [0.2, 0.25) is 0 Å². The molecule has 9 heteroatoms. The van der Waals surface area contributed by atoms with Gasteiger partial charge in [-0.3, -0.25) is 4.99 Å². The van der Waals surface area contributed by atoms with Crippen LogP contribution in [0.25, 0.3) is 0 Å². The number of carbonyl (C=O) groups excluding carboxylic acids is 1. The van der Waals surface area contributed by atoms with Crippen molar-refractivity contribution >= 4 is 47.4 Å². The molecule has 1 fully saturated rings. The molecule has 136 valence electrons. The molecule has 0 bridgehead atoms. The standard InChI is InChI=1S/C15H25N5O2S.HI/c1-4-22-15(21)20-7-5-12(6-8-20)19-14(16-3)18-10-13-17-9-11(2)23-13;/h9,12H,4-8,10H2,1-3H3,(H2,16,18,19);1H. The highest BCUT2D eigenvalue weighted by Gasteiger charge is 2.24. The number of aromatic nitrogens is 1. The van der Waals surface area contributed by atoms with Crippen LogP contribution in [-0.4, -0.2) is 54.7 Å². The van der Waals surface area contributed by atoms with Crippen LogP contribution in [0, 0.1) is 6.92 Å². The van der Waals surface area contributed by atoms with Gasteiger partial charge in [-0.05, 0) is 26.7 Å². The zero-order chi connectivity index (χ0) is 16.7. The molecule has 0 radical (unpaired) electrons. The molecular formula is C15H26IN5O2S. The Morgan fingerprint density at radius 2 is 2.21 bits per heavy atom. The Morgan fingerprint density at radius 3 is 2.75 bits per heavy atom. The molecule has 2 rings (SSSR count). The number of aliphatic imine (C=N–C) groups is 1. The van der Waals surface area contributed by atoms with Crippen LogP contribution in [0.5, 0.6) is 0 Å². The second-order valence-corrected chi connectivity index (χ2v) is 6.71. The van der Waals surface area contributed by atoms with E-state index in [1.54, 1.807) is 23.3 Å². The van der Waals surface area contributed by atoms with Crippen molar-refractivity contribution in [2.75, 3.05) is 26.7 Å². The van der Waals surface area contributed by atoms with Crippen LogP contribution in [0.1, 0.15) is 29.7 Å². The second kappa shape index (κ2) is 10.7. The molecule has 1 saturated heterocycles. The summed E-state index contributed by atoms with van der Waals surface area (Å²) in [5.74, 6) is 0.771. The summed E-state index contributed by atoms with van der Waals surface area (Å²) in [5, 5.41) is 7.74. The predicted molar refractivity (Wildman–Crippen MR) is 107 cm³/mol. The lowest BCUT2D eigenvalue weighted by Gasteiger charge is -2.32. The van der Waals surface area contributed by atoms with E-state index in [4.69, 9.17) is 4.74 Å². The highest BCUT2D eigenvalue weighted by molar-refractivity contribution is 14.0. The van der Waals surface area contributed by atoms with Gasteiger partial charge in [0.05, 0.1) is 13.2 Å². The van der Waals surface area contributed by atoms with Crippen molar-refractivity contribution in [1.82, 2.24) is 20.5 Å². The Kier molecular flexibility index (Phi) is 9.34. The van der Waals surface area contributed by atoms with Gasteiger partial charge in [-0.15, -0.1) is 35.3 Å². The number of rotatable bonds is 4. The first-order valence-corrected chi connectivity index (χ1v) is 8.74. The van der Waals surface area contributed by atoms with Crippen LogP contribution < -0.4 is 10.6 Å².